The van der Waals surface area contributed by atoms with Crippen LogP contribution in [0.25, 0.3) is 0 Å². The summed E-state index contributed by atoms with van der Waals surface area (Å²) in [5.74, 6) is -1.72. The molecule has 0 radical (unpaired) electrons. The van der Waals surface area contributed by atoms with Crippen molar-refractivity contribution < 1.29 is 13.0 Å². The lowest BCUT2D eigenvalue weighted by Crippen LogP contribution is -2.03. The summed E-state index contributed by atoms with van der Waals surface area (Å²) in [6.07, 6.45) is 1.60. The molecule has 0 saturated heterocycles. The maximum absolute atomic E-state index is 13.3. The summed E-state index contributed by atoms with van der Waals surface area (Å²) in [4.78, 5) is 3.82. The number of aromatic nitrogens is 1. The van der Waals surface area contributed by atoms with Crippen molar-refractivity contribution in [2.45, 2.75) is 11.4 Å². The molecule has 2 rings (SSSR count). The topological polar surface area (TPSA) is 42.0 Å². The number of hydrogen-bond acceptors (Lipinski definition) is 3. The largest absolute Gasteiger partial charge is 0.377 e. The molecule has 1 atom stereocenters. The van der Waals surface area contributed by atoms with Gasteiger partial charge in [0, 0.05) is 28.5 Å². The minimum atomic E-state index is -1.02. The number of rotatable bonds is 4. The Morgan fingerprint density at radius 3 is 2.42 bits per heavy atom. The first-order chi connectivity index (χ1) is 9.06. The first kappa shape index (κ1) is 13.6. The Labute approximate surface area is 112 Å². The Kier molecular flexibility index (Phi) is 4.21. The van der Waals surface area contributed by atoms with Gasteiger partial charge in [-0.15, -0.1) is 0 Å². The number of nitrogens with zero attached hydrogens (tertiary/aromatic N) is 1. The third-order valence-electron chi connectivity index (χ3n) is 2.55. The molecule has 3 nitrogen and oxygen atoms in total. The zero-order chi connectivity index (χ0) is 13.8. The van der Waals surface area contributed by atoms with E-state index in [2.05, 4.69) is 10.3 Å². The molecular formula is C13H12F2N2OS. The highest BCUT2D eigenvalue weighted by molar-refractivity contribution is 7.84. The summed E-state index contributed by atoms with van der Waals surface area (Å²) < 4.78 is 37.1. The summed E-state index contributed by atoms with van der Waals surface area (Å²) in [5.41, 5.74) is 1.04. The number of halogens is 2. The van der Waals surface area contributed by atoms with E-state index < -0.39 is 22.7 Å². The van der Waals surface area contributed by atoms with Crippen molar-refractivity contribution in [3.63, 3.8) is 0 Å². The van der Waals surface area contributed by atoms with Gasteiger partial charge in [-0.25, -0.2) is 0 Å². The molecule has 2 aromatic rings. The third-order valence-corrected chi connectivity index (χ3v) is 3.49. The third kappa shape index (κ3) is 3.57. The van der Waals surface area contributed by atoms with Crippen LogP contribution in [-0.2, 0) is 17.3 Å². The molecule has 0 aliphatic carbocycles. The molecule has 1 heterocycles. The number of hydrogen-bond donors (Lipinski definition) is 1. The Hall–Kier alpha value is -1.82. The Balaban J connectivity index is 2.04. The minimum absolute atomic E-state index is 0.143. The second-order valence-electron chi connectivity index (χ2n) is 3.92. The van der Waals surface area contributed by atoms with E-state index in [0.29, 0.717) is 6.54 Å². The van der Waals surface area contributed by atoms with Gasteiger partial charge in [-0.1, -0.05) is 12.1 Å². The van der Waals surface area contributed by atoms with Crippen molar-refractivity contribution in [2.24, 2.45) is 0 Å². The van der Waals surface area contributed by atoms with Crippen LogP contribution in [0, 0.1) is 11.9 Å². The molecule has 0 fully saturated rings. The second-order valence-corrected chi connectivity index (χ2v) is 5.30. The van der Waals surface area contributed by atoms with Crippen LogP contribution in [-0.4, -0.2) is 15.4 Å². The van der Waals surface area contributed by atoms with Gasteiger partial charge in [0.15, 0.2) is 0 Å². The smallest absolute Gasteiger partial charge is 0.238 e. The van der Waals surface area contributed by atoms with Gasteiger partial charge in [-0.2, -0.15) is 13.8 Å². The molecular weight excluding hydrogens is 270 g/mol. The fourth-order valence-corrected chi connectivity index (χ4v) is 2.06. The van der Waals surface area contributed by atoms with Gasteiger partial charge in [-0.05, 0) is 29.8 Å². The monoisotopic (exact) mass is 282 g/mol. The molecule has 0 spiro atoms. The predicted octanol–water partition coefficient (Wildman–Crippen LogP) is 2.71. The maximum atomic E-state index is 13.3. The summed E-state index contributed by atoms with van der Waals surface area (Å²) in [5, 5.41) is 2.83. The fraction of sp³-hybridized carbons (Fsp3) is 0.154. The zero-order valence-electron chi connectivity index (χ0n) is 10.2. The van der Waals surface area contributed by atoms with Gasteiger partial charge in [0.25, 0.3) is 0 Å². The molecule has 1 aromatic heterocycles. The van der Waals surface area contributed by atoms with E-state index in [9.17, 15) is 13.0 Å². The Morgan fingerprint density at radius 1 is 1.16 bits per heavy atom. The van der Waals surface area contributed by atoms with E-state index >= 15 is 0 Å². The molecule has 0 bridgehead atoms. The number of nitrogens with one attached hydrogen (secondary N) is 1. The van der Waals surface area contributed by atoms with Crippen molar-refractivity contribution in [1.29, 1.82) is 0 Å². The molecule has 1 aromatic carbocycles. The van der Waals surface area contributed by atoms with E-state index in [1.165, 1.54) is 6.07 Å². The van der Waals surface area contributed by atoms with E-state index in [-0.39, 0.29) is 5.69 Å². The summed E-state index contributed by atoms with van der Waals surface area (Å²) >= 11 is 0. The van der Waals surface area contributed by atoms with Crippen molar-refractivity contribution in [2.75, 3.05) is 11.6 Å². The first-order valence-corrected chi connectivity index (χ1v) is 7.10. The Morgan fingerprint density at radius 2 is 1.84 bits per heavy atom. The molecule has 100 valence electrons. The highest BCUT2D eigenvalue weighted by Crippen LogP contribution is 2.14. The van der Waals surface area contributed by atoms with Crippen molar-refractivity contribution in [1.82, 2.24) is 4.98 Å². The van der Waals surface area contributed by atoms with Gasteiger partial charge in [0.05, 0.1) is 5.69 Å². The molecule has 1 N–H and O–H groups in total. The zero-order valence-corrected chi connectivity index (χ0v) is 11.0. The fourth-order valence-electron chi connectivity index (χ4n) is 1.54. The van der Waals surface area contributed by atoms with Gasteiger partial charge >= 0.3 is 0 Å². The number of anilines is 1. The molecule has 0 unspecified atom stereocenters. The molecule has 0 saturated carbocycles. The standard InChI is InChI=1S/C13H12F2N2OS/c1-19(18)10-4-2-9(3-5-10)8-16-11-6-7-12(14)17-13(11)15/h2-7,16H,8H2,1H3/t19-/m1/s1. The quantitative estimate of drug-likeness (QED) is 0.877. The van der Waals surface area contributed by atoms with Crippen LogP contribution in [0.2, 0.25) is 0 Å². The lowest BCUT2D eigenvalue weighted by Gasteiger charge is -2.07. The normalized spacial score (nSPS) is 12.2. The predicted molar refractivity (Wildman–Crippen MR) is 70.3 cm³/mol. The summed E-state index contributed by atoms with van der Waals surface area (Å²) in [6.45, 7) is 0.376. The van der Waals surface area contributed by atoms with Crippen molar-refractivity contribution >= 4 is 16.5 Å². The number of pyridine rings is 1. The van der Waals surface area contributed by atoms with E-state index in [1.54, 1.807) is 30.5 Å². The second kappa shape index (κ2) is 5.88. The average molecular weight is 282 g/mol. The van der Waals surface area contributed by atoms with E-state index in [0.717, 1.165) is 16.5 Å². The minimum Gasteiger partial charge on any atom is -0.377 e. The van der Waals surface area contributed by atoms with Crippen molar-refractivity contribution in [3.8, 4) is 0 Å². The molecule has 0 aliphatic heterocycles. The molecule has 6 heteroatoms. The Bertz CT molecular complexity index is 602. The SMILES string of the molecule is C[S@@](=O)c1ccc(CNc2ccc(F)nc2F)cc1. The van der Waals surface area contributed by atoms with Crippen molar-refractivity contribution in [3.05, 3.63) is 53.9 Å². The van der Waals surface area contributed by atoms with Gasteiger partial charge < -0.3 is 5.32 Å². The highest BCUT2D eigenvalue weighted by Gasteiger charge is 2.05. The van der Waals surface area contributed by atoms with E-state index in [4.69, 9.17) is 0 Å². The lowest BCUT2D eigenvalue weighted by molar-refractivity contribution is 0.515. The molecule has 0 amide bonds. The van der Waals surface area contributed by atoms with Crippen LogP contribution in [0.15, 0.2) is 41.3 Å². The summed E-state index contributed by atoms with van der Waals surface area (Å²) in [6, 6.07) is 9.51. The molecule has 0 aliphatic rings. The van der Waals surface area contributed by atoms with Gasteiger partial charge in [-0.3, -0.25) is 4.21 Å². The van der Waals surface area contributed by atoms with Crippen LogP contribution in [0.3, 0.4) is 0 Å². The van der Waals surface area contributed by atoms with Crippen LogP contribution < -0.4 is 5.32 Å². The highest BCUT2D eigenvalue weighted by atomic mass is 32.2. The van der Waals surface area contributed by atoms with Crippen LogP contribution in [0.1, 0.15) is 5.56 Å². The van der Waals surface area contributed by atoms with E-state index in [1.807, 2.05) is 0 Å². The van der Waals surface area contributed by atoms with Crippen LogP contribution >= 0.6 is 0 Å². The summed E-state index contributed by atoms with van der Waals surface area (Å²) in [7, 11) is -1.02. The average Bonchev–Trinajstić information content (AvgIpc) is 2.38. The first-order valence-electron chi connectivity index (χ1n) is 5.54. The maximum Gasteiger partial charge on any atom is 0.238 e. The van der Waals surface area contributed by atoms with Crippen LogP contribution in [0.5, 0.6) is 0 Å². The van der Waals surface area contributed by atoms with Gasteiger partial charge in [0.2, 0.25) is 11.9 Å². The molecule has 19 heavy (non-hydrogen) atoms. The van der Waals surface area contributed by atoms with Crippen LogP contribution in [0.4, 0.5) is 14.5 Å². The number of benzene rings is 1. The van der Waals surface area contributed by atoms with Gasteiger partial charge in [0.1, 0.15) is 0 Å². The lowest BCUT2D eigenvalue weighted by atomic mass is 10.2.